The van der Waals surface area contributed by atoms with Gasteiger partial charge in [-0.1, -0.05) is 60.7 Å². The Labute approximate surface area is 153 Å². The average Bonchev–Trinajstić information content (AvgIpc) is 3.13. The summed E-state index contributed by atoms with van der Waals surface area (Å²) in [5.41, 5.74) is 5.20. The van der Waals surface area contributed by atoms with Crippen LogP contribution in [0.5, 0.6) is 0 Å². The highest BCUT2D eigenvalue weighted by Crippen LogP contribution is 2.29. The number of hydrogen-bond acceptors (Lipinski definition) is 4. The highest BCUT2D eigenvalue weighted by Gasteiger charge is 2.24. The van der Waals surface area contributed by atoms with Gasteiger partial charge in [0.05, 0.1) is 31.1 Å². The van der Waals surface area contributed by atoms with Crippen LogP contribution in [0.1, 0.15) is 40.2 Å². The quantitative estimate of drug-likeness (QED) is 0.640. The summed E-state index contributed by atoms with van der Waals surface area (Å²) in [6.45, 7) is 1.90. The monoisotopic (exact) mass is 349 g/mol. The fraction of sp³-hybridized carbons (Fsp3) is 0.286. The van der Waals surface area contributed by atoms with Crippen molar-refractivity contribution >= 4 is 0 Å². The van der Waals surface area contributed by atoms with E-state index in [9.17, 15) is 5.11 Å². The molecular weight excluding hydrogens is 326 g/mol. The van der Waals surface area contributed by atoms with Gasteiger partial charge >= 0.3 is 0 Å². The fourth-order valence-electron chi connectivity index (χ4n) is 3.44. The Morgan fingerprint density at radius 2 is 1.73 bits per heavy atom. The van der Waals surface area contributed by atoms with Crippen molar-refractivity contribution < 1.29 is 9.84 Å². The molecule has 0 unspecified atom stereocenters. The highest BCUT2D eigenvalue weighted by molar-refractivity contribution is 5.28. The number of nitrogens with zero attached hydrogens (tertiary/aromatic N) is 1. The molecule has 0 saturated heterocycles. The SMILES string of the molecule is O[C@@H](c1ccccc1)[C@H](NCc1n[nH]c2c1COCC2)c1ccccc1. The number of benzene rings is 2. The van der Waals surface area contributed by atoms with Crippen molar-refractivity contribution in [3.8, 4) is 0 Å². The summed E-state index contributed by atoms with van der Waals surface area (Å²) >= 11 is 0. The maximum atomic E-state index is 11.0. The molecule has 0 spiro atoms. The number of aliphatic hydroxyl groups excluding tert-OH is 1. The molecule has 26 heavy (non-hydrogen) atoms. The molecule has 5 heteroatoms. The number of aliphatic hydroxyl groups is 1. The van der Waals surface area contributed by atoms with Gasteiger partial charge in [-0.2, -0.15) is 5.10 Å². The molecule has 1 aromatic heterocycles. The van der Waals surface area contributed by atoms with Gasteiger partial charge in [0.25, 0.3) is 0 Å². The zero-order valence-electron chi connectivity index (χ0n) is 14.6. The number of aromatic nitrogens is 2. The second-order valence-electron chi connectivity index (χ2n) is 6.55. The maximum Gasteiger partial charge on any atom is 0.0984 e. The van der Waals surface area contributed by atoms with Crippen LogP contribution in [0.2, 0.25) is 0 Å². The molecular formula is C21H23N3O2. The Morgan fingerprint density at radius 1 is 1.04 bits per heavy atom. The van der Waals surface area contributed by atoms with Crippen molar-refractivity contribution in [3.05, 3.63) is 88.7 Å². The Balaban J connectivity index is 1.56. The van der Waals surface area contributed by atoms with Crippen LogP contribution in [0.15, 0.2) is 60.7 Å². The number of aromatic amines is 1. The lowest BCUT2D eigenvalue weighted by Crippen LogP contribution is -2.27. The molecule has 1 aliphatic heterocycles. The van der Waals surface area contributed by atoms with Crippen molar-refractivity contribution in [1.29, 1.82) is 0 Å². The predicted octanol–water partition coefficient (Wildman–Crippen LogP) is 3.05. The first-order valence-corrected chi connectivity index (χ1v) is 8.97. The molecule has 0 saturated carbocycles. The number of hydrogen-bond donors (Lipinski definition) is 3. The summed E-state index contributed by atoms with van der Waals surface area (Å²) in [6.07, 6.45) is 0.224. The van der Waals surface area contributed by atoms with E-state index in [4.69, 9.17) is 4.74 Å². The second kappa shape index (κ2) is 7.83. The van der Waals surface area contributed by atoms with Crippen molar-refractivity contribution in [2.75, 3.05) is 6.61 Å². The third-order valence-corrected chi connectivity index (χ3v) is 4.89. The molecule has 0 fully saturated rings. The molecule has 0 aliphatic carbocycles. The van der Waals surface area contributed by atoms with E-state index in [2.05, 4.69) is 15.5 Å². The molecule has 2 heterocycles. The zero-order valence-corrected chi connectivity index (χ0v) is 14.6. The summed E-state index contributed by atoms with van der Waals surface area (Å²) < 4.78 is 5.57. The predicted molar refractivity (Wildman–Crippen MR) is 99.4 cm³/mol. The number of rotatable bonds is 6. The largest absolute Gasteiger partial charge is 0.386 e. The summed E-state index contributed by atoms with van der Waals surface area (Å²) in [5, 5.41) is 22.0. The number of H-pyrrole nitrogens is 1. The Hall–Kier alpha value is -2.47. The maximum absolute atomic E-state index is 11.0. The van der Waals surface area contributed by atoms with Gasteiger partial charge in [-0.25, -0.2) is 0 Å². The first kappa shape index (κ1) is 17.0. The normalized spacial score (nSPS) is 16.0. The van der Waals surface area contributed by atoms with E-state index in [-0.39, 0.29) is 6.04 Å². The minimum absolute atomic E-state index is 0.226. The van der Waals surface area contributed by atoms with E-state index in [1.54, 1.807) is 0 Å². The van der Waals surface area contributed by atoms with Crippen molar-refractivity contribution in [1.82, 2.24) is 15.5 Å². The molecule has 0 bridgehead atoms. The summed E-state index contributed by atoms with van der Waals surface area (Å²) in [7, 11) is 0. The van der Waals surface area contributed by atoms with Crippen LogP contribution in [0.3, 0.4) is 0 Å². The van der Waals surface area contributed by atoms with Crippen molar-refractivity contribution in [2.24, 2.45) is 0 Å². The molecule has 3 N–H and O–H groups in total. The van der Waals surface area contributed by atoms with E-state index in [1.165, 1.54) is 0 Å². The van der Waals surface area contributed by atoms with Crippen LogP contribution < -0.4 is 5.32 Å². The van der Waals surface area contributed by atoms with Crippen molar-refractivity contribution in [3.63, 3.8) is 0 Å². The lowest BCUT2D eigenvalue weighted by molar-refractivity contribution is 0.109. The van der Waals surface area contributed by atoms with E-state index in [0.717, 1.165) is 41.1 Å². The third kappa shape index (κ3) is 3.55. The van der Waals surface area contributed by atoms with Crippen LogP contribution in [0, 0.1) is 0 Å². The van der Waals surface area contributed by atoms with Gasteiger partial charge in [0.2, 0.25) is 0 Å². The summed E-state index contributed by atoms with van der Waals surface area (Å²) in [4.78, 5) is 0. The van der Waals surface area contributed by atoms with Crippen LogP contribution in [-0.4, -0.2) is 21.9 Å². The number of nitrogens with one attached hydrogen (secondary N) is 2. The lowest BCUT2D eigenvalue weighted by atomic mass is 9.95. The number of fused-ring (bicyclic) bond motifs is 1. The molecule has 134 valence electrons. The molecule has 5 nitrogen and oxygen atoms in total. The molecule has 3 aromatic rings. The van der Waals surface area contributed by atoms with Crippen LogP contribution in [0.4, 0.5) is 0 Å². The fourth-order valence-corrected chi connectivity index (χ4v) is 3.44. The third-order valence-electron chi connectivity index (χ3n) is 4.89. The average molecular weight is 349 g/mol. The standard InChI is InChI=1S/C21H23N3O2/c25-21(16-9-5-2-6-10-16)20(15-7-3-1-4-8-15)22-13-19-17-14-26-12-11-18(17)23-24-19/h1-10,20-22,25H,11-14H2,(H,23,24)/t20-,21+/m1/s1. The second-order valence-corrected chi connectivity index (χ2v) is 6.55. The van der Waals surface area contributed by atoms with Crippen LogP contribution >= 0.6 is 0 Å². The topological polar surface area (TPSA) is 70.2 Å². The Kier molecular flexibility index (Phi) is 5.11. The number of ether oxygens (including phenoxy) is 1. The first-order valence-electron chi connectivity index (χ1n) is 8.97. The van der Waals surface area contributed by atoms with Gasteiger partial charge in [0, 0.05) is 24.2 Å². The van der Waals surface area contributed by atoms with Gasteiger partial charge in [-0.15, -0.1) is 0 Å². The zero-order chi connectivity index (χ0) is 17.8. The minimum Gasteiger partial charge on any atom is -0.386 e. The van der Waals surface area contributed by atoms with E-state index < -0.39 is 6.10 Å². The van der Waals surface area contributed by atoms with Gasteiger partial charge in [-0.05, 0) is 11.1 Å². The molecule has 4 rings (SSSR count). The molecule has 2 atom stereocenters. The lowest BCUT2D eigenvalue weighted by Gasteiger charge is -2.25. The summed E-state index contributed by atoms with van der Waals surface area (Å²) in [5.74, 6) is 0. The Morgan fingerprint density at radius 3 is 2.46 bits per heavy atom. The van der Waals surface area contributed by atoms with Crippen molar-refractivity contribution in [2.45, 2.75) is 31.7 Å². The van der Waals surface area contributed by atoms with E-state index >= 15 is 0 Å². The van der Waals surface area contributed by atoms with Gasteiger partial charge < -0.3 is 15.2 Å². The molecule has 2 aromatic carbocycles. The van der Waals surface area contributed by atoms with E-state index in [1.807, 2.05) is 60.7 Å². The Bertz CT molecular complexity index is 833. The van der Waals surface area contributed by atoms with Crippen LogP contribution in [0.25, 0.3) is 0 Å². The molecule has 1 aliphatic rings. The van der Waals surface area contributed by atoms with Gasteiger partial charge in [-0.3, -0.25) is 5.10 Å². The first-order chi connectivity index (χ1) is 12.8. The van der Waals surface area contributed by atoms with E-state index in [0.29, 0.717) is 13.2 Å². The van der Waals surface area contributed by atoms with Gasteiger partial charge in [0.1, 0.15) is 0 Å². The van der Waals surface area contributed by atoms with Crippen LogP contribution in [-0.2, 0) is 24.3 Å². The summed E-state index contributed by atoms with van der Waals surface area (Å²) in [6, 6.07) is 19.6. The minimum atomic E-state index is -0.649. The smallest absolute Gasteiger partial charge is 0.0984 e. The molecule has 0 radical (unpaired) electrons. The molecule has 0 amide bonds. The van der Waals surface area contributed by atoms with Gasteiger partial charge in [0.15, 0.2) is 0 Å². The highest BCUT2D eigenvalue weighted by atomic mass is 16.5.